The number of imidazole rings is 1. The molecule has 3 aromatic rings. The van der Waals surface area contributed by atoms with Crippen molar-refractivity contribution in [3.8, 4) is 0 Å². The van der Waals surface area contributed by atoms with Gasteiger partial charge in [-0.1, -0.05) is 12.1 Å². The lowest BCUT2D eigenvalue weighted by atomic mass is 10.1. The fourth-order valence-corrected chi connectivity index (χ4v) is 3.52. The summed E-state index contributed by atoms with van der Waals surface area (Å²) in [6.07, 6.45) is 0.280. The molecule has 2 heterocycles. The monoisotopic (exact) mass is 367 g/mol. The van der Waals surface area contributed by atoms with E-state index in [1.54, 1.807) is 17.0 Å². The number of carbonyl (C=O) groups excluding carboxylic acids is 2. The minimum absolute atomic E-state index is 0.0353. The van der Waals surface area contributed by atoms with Crippen LogP contribution < -0.4 is 4.90 Å². The van der Waals surface area contributed by atoms with E-state index in [-0.39, 0.29) is 36.6 Å². The molecule has 1 aromatic heterocycles. The number of aromatic nitrogens is 2. The Kier molecular flexibility index (Phi) is 4.35. The Balaban J connectivity index is 1.70. The van der Waals surface area contributed by atoms with Gasteiger partial charge in [-0.05, 0) is 36.4 Å². The SMILES string of the molecule is COC(=O)Cn1c(C2CC(=O)N(c3ccc(F)cc3)C2)nc2ccccc21. The van der Waals surface area contributed by atoms with E-state index in [1.807, 2.05) is 28.8 Å². The molecule has 27 heavy (non-hydrogen) atoms. The summed E-state index contributed by atoms with van der Waals surface area (Å²) in [6.45, 7) is 0.461. The van der Waals surface area contributed by atoms with E-state index >= 15 is 0 Å². The van der Waals surface area contributed by atoms with E-state index in [4.69, 9.17) is 4.74 Å². The molecule has 138 valence electrons. The normalized spacial score (nSPS) is 16.9. The van der Waals surface area contributed by atoms with Gasteiger partial charge in [-0.2, -0.15) is 0 Å². The number of halogens is 1. The number of methoxy groups -OCH3 is 1. The van der Waals surface area contributed by atoms with Gasteiger partial charge in [0.25, 0.3) is 0 Å². The molecule has 1 atom stereocenters. The highest BCUT2D eigenvalue weighted by Crippen LogP contribution is 2.33. The molecule has 1 aliphatic rings. The van der Waals surface area contributed by atoms with Crippen LogP contribution in [0.1, 0.15) is 18.2 Å². The van der Waals surface area contributed by atoms with Crippen molar-refractivity contribution in [3.05, 3.63) is 60.2 Å². The predicted octanol–water partition coefficient (Wildman–Crippen LogP) is 2.87. The minimum atomic E-state index is -0.376. The molecule has 4 rings (SSSR count). The Hall–Kier alpha value is -3.22. The Bertz CT molecular complexity index is 1010. The largest absolute Gasteiger partial charge is 0.468 e. The summed E-state index contributed by atoms with van der Waals surface area (Å²) in [6, 6.07) is 13.4. The highest BCUT2D eigenvalue weighted by atomic mass is 19.1. The molecular weight excluding hydrogens is 349 g/mol. The van der Waals surface area contributed by atoms with Crippen molar-refractivity contribution in [2.24, 2.45) is 0 Å². The van der Waals surface area contributed by atoms with Gasteiger partial charge in [0.15, 0.2) is 0 Å². The summed E-state index contributed by atoms with van der Waals surface area (Å²) in [5.74, 6) is -0.261. The van der Waals surface area contributed by atoms with Crippen LogP contribution in [-0.4, -0.2) is 35.1 Å². The third kappa shape index (κ3) is 3.16. The van der Waals surface area contributed by atoms with Crippen molar-refractivity contribution in [1.29, 1.82) is 0 Å². The molecule has 0 radical (unpaired) electrons. The third-order valence-electron chi connectivity index (χ3n) is 4.83. The smallest absolute Gasteiger partial charge is 0.325 e. The van der Waals surface area contributed by atoms with E-state index in [0.717, 1.165) is 11.0 Å². The molecule has 0 spiro atoms. The van der Waals surface area contributed by atoms with Gasteiger partial charge >= 0.3 is 5.97 Å². The number of benzene rings is 2. The first-order valence-corrected chi connectivity index (χ1v) is 8.64. The lowest BCUT2D eigenvalue weighted by Crippen LogP contribution is -2.24. The van der Waals surface area contributed by atoms with Crippen LogP contribution in [0.15, 0.2) is 48.5 Å². The topological polar surface area (TPSA) is 64.4 Å². The Labute approximate surface area is 155 Å². The molecule has 7 heteroatoms. The van der Waals surface area contributed by atoms with Gasteiger partial charge in [0.2, 0.25) is 5.91 Å². The number of fused-ring (bicyclic) bond motifs is 1. The van der Waals surface area contributed by atoms with Gasteiger partial charge in [-0.25, -0.2) is 9.37 Å². The first kappa shape index (κ1) is 17.2. The van der Waals surface area contributed by atoms with Crippen molar-refractivity contribution < 1.29 is 18.7 Å². The molecule has 2 aromatic carbocycles. The van der Waals surface area contributed by atoms with E-state index in [0.29, 0.717) is 18.1 Å². The predicted molar refractivity (Wildman–Crippen MR) is 97.9 cm³/mol. The van der Waals surface area contributed by atoms with E-state index in [2.05, 4.69) is 4.98 Å². The van der Waals surface area contributed by atoms with Crippen LogP contribution in [0, 0.1) is 5.82 Å². The summed E-state index contributed by atoms with van der Waals surface area (Å²) in [7, 11) is 1.34. The zero-order valence-electron chi connectivity index (χ0n) is 14.8. The molecule has 0 N–H and O–H groups in total. The number of nitrogens with zero attached hydrogens (tertiary/aromatic N) is 3. The first-order valence-electron chi connectivity index (χ1n) is 8.64. The summed E-state index contributed by atoms with van der Waals surface area (Å²) in [5.41, 5.74) is 2.24. The Morgan fingerprint density at radius 1 is 1.22 bits per heavy atom. The van der Waals surface area contributed by atoms with Crippen LogP contribution in [-0.2, 0) is 20.9 Å². The second kappa shape index (κ2) is 6.83. The van der Waals surface area contributed by atoms with Crippen LogP contribution in [0.25, 0.3) is 11.0 Å². The molecule has 0 saturated carbocycles. The Morgan fingerprint density at radius 2 is 1.96 bits per heavy atom. The summed E-state index contributed by atoms with van der Waals surface area (Å²) >= 11 is 0. The van der Waals surface area contributed by atoms with Crippen LogP contribution in [0.3, 0.4) is 0 Å². The number of amides is 1. The second-order valence-electron chi connectivity index (χ2n) is 6.50. The van der Waals surface area contributed by atoms with Crippen molar-refractivity contribution in [1.82, 2.24) is 9.55 Å². The number of rotatable bonds is 4. The number of hydrogen-bond donors (Lipinski definition) is 0. The summed E-state index contributed by atoms with van der Waals surface area (Å²) in [4.78, 5) is 30.7. The second-order valence-corrected chi connectivity index (χ2v) is 6.50. The van der Waals surface area contributed by atoms with Crippen molar-refractivity contribution in [2.45, 2.75) is 18.9 Å². The lowest BCUT2D eigenvalue weighted by molar-refractivity contribution is -0.141. The van der Waals surface area contributed by atoms with Gasteiger partial charge in [-0.15, -0.1) is 0 Å². The average Bonchev–Trinajstić information content (AvgIpc) is 3.23. The summed E-state index contributed by atoms with van der Waals surface area (Å²) in [5, 5.41) is 0. The minimum Gasteiger partial charge on any atom is -0.468 e. The van der Waals surface area contributed by atoms with E-state index in [1.165, 1.54) is 19.2 Å². The zero-order valence-corrected chi connectivity index (χ0v) is 14.8. The van der Waals surface area contributed by atoms with Crippen molar-refractivity contribution in [2.75, 3.05) is 18.6 Å². The third-order valence-corrected chi connectivity index (χ3v) is 4.83. The Morgan fingerprint density at radius 3 is 2.70 bits per heavy atom. The molecule has 0 bridgehead atoms. The number of para-hydroxylation sites is 2. The van der Waals surface area contributed by atoms with Crippen molar-refractivity contribution in [3.63, 3.8) is 0 Å². The van der Waals surface area contributed by atoms with Crippen LogP contribution in [0.2, 0.25) is 0 Å². The van der Waals surface area contributed by atoms with Crippen molar-refractivity contribution >= 4 is 28.6 Å². The quantitative estimate of drug-likeness (QED) is 0.665. The fourth-order valence-electron chi connectivity index (χ4n) is 3.52. The molecule has 1 fully saturated rings. The van der Waals surface area contributed by atoms with Gasteiger partial charge in [0, 0.05) is 24.6 Å². The molecule has 0 aliphatic carbocycles. The fraction of sp³-hybridized carbons (Fsp3) is 0.250. The number of ether oxygens (including phenoxy) is 1. The highest BCUT2D eigenvalue weighted by Gasteiger charge is 2.35. The molecule has 1 aliphatic heterocycles. The maximum absolute atomic E-state index is 13.2. The number of hydrogen-bond acceptors (Lipinski definition) is 4. The van der Waals surface area contributed by atoms with E-state index in [9.17, 15) is 14.0 Å². The molecule has 1 saturated heterocycles. The summed E-state index contributed by atoms with van der Waals surface area (Å²) < 4.78 is 19.8. The van der Waals surface area contributed by atoms with E-state index < -0.39 is 0 Å². The molecule has 1 amide bonds. The number of carbonyl (C=O) groups is 2. The lowest BCUT2D eigenvalue weighted by Gasteiger charge is -2.17. The molecular formula is C20H18FN3O3. The van der Waals surface area contributed by atoms with Crippen LogP contribution >= 0.6 is 0 Å². The van der Waals surface area contributed by atoms with Crippen LogP contribution in [0.5, 0.6) is 0 Å². The van der Waals surface area contributed by atoms with Gasteiger partial charge in [-0.3, -0.25) is 9.59 Å². The number of anilines is 1. The zero-order chi connectivity index (χ0) is 19.0. The average molecular weight is 367 g/mol. The van der Waals surface area contributed by atoms with Crippen LogP contribution in [0.4, 0.5) is 10.1 Å². The molecule has 6 nitrogen and oxygen atoms in total. The first-order chi connectivity index (χ1) is 13.1. The van der Waals surface area contributed by atoms with Gasteiger partial charge in [0.05, 0.1) is 18.1 Å². The van der Waals surface area contributed by atoms with Gasteiger partial charge in [0.1, 0.15) is 18.2 Å². The standard InChI is InChI=1S/C20H18FN3O3/c1-27-19(26)12-24-17-5-3-2-4-16(17)22-20(24)13-10-18(25)23(11-13)15-8-6-14(21)7-9-15/h2-9,13H,10-12H2,1H3. The maximum Gasteiger partial charge on any atom is 0.325 e. The highest BCUT2D eigenvalue weighted by molar-refractivity contribution is 5.96. The molecule has 1 unspecified atom stereocenters. The van der Waals surface area contributed by atoms with Gasteiger partial charge < -0.3 is 14.2 Å². The maximum atomic E-state index is 13.2. The number of esters is 1.